The van der Waals surface area contributed by atoms with Crippen molar-refractivity contribution in [3.05, 3.63) is 157 Å². The molecule has 33 nitrogen and oxygen atoms in total. The van der Waals surface area contributed by atoms with Crippen molar-refractivity contribution in [3.63, 3.8) is 0 Å². The Kier molecular flexibility index (Phi) is 22.5. The van der Waals surface area contributed by atoms with Gasteiger partial charge in [-0.25, -0.2) is 29.9 Å². The summed E-state index contributed by atoms with van der Waals surface area (Å²) in [6, 6.07) is 10.5. The lowest BCUT2D eigenvalue weighted by atomic mass is 10.2. The molecule has 13 heterocycles. The Hall–Kier alpha value is -9.62. The molecule has 14 rings (SSSR count). The van der Waals surface area contributed by atoms with E-state index in [1.54, 1.807) is 56.4 Å². The number of H-pyrrole nitrogens is 3. The van der Waals surface area contributed by atoms with Gasteiger partial charge in [-0.1, -0.05) is 52.2 Å². The summed E-state index contributed by atoms with van der Waals surface area (Å²) in [6.45, 7) is 9.88. The lowest BCUT2D eigenvalue weighted by Crippen LogP contribution is -2.37. The molecule has 0 bridgehead atoms. The summed E-state index contributed by atoms with van der Waals surface area (Å²) in [5.74, 6) is -0.259. The number of carbonyl (C=O) groups excluding carboxylic acids is 4. The number of nitrogens with zero attached hydrogens (tertiary/aromatic N) is 14. The molecule has 3 amide bonds. The minimum Gasteiger partial charge on any atom is -0.394 e. The van der Waals surface area contributed by atoms with E-state index in [1.807, 2.05) is 24.3 Å². The number of rotatable bonds is 20. The first-order chi connectivity index (χ1) is 49.1. The van der Waals surface area contributed by atoms with Gasteiger partial charge < -0.3 is 58.3 Å². The summed E-state index contributed by atoms with van der Waals surface area (Å²) in [6.07, 6.45) is 10.2. The first kappa shape index (κ1) is 72.2. The van der Waals surface area contributed by atoms with Crippen LogP contribution in [0.3, 0.4) is 0 Å². The van der Waals surface area contributed by atoms with Gasteiger partial charge in [0.2, 0.25) is 5.91 Å². The van der Waals surface area contributed by atoms with E-state index in [1.165, 1.54) is 51.1 Å². The third-order valence-corrected chi connectivity index (χ3v) is 22.2. The van der Waals surface area contributed by atoms with Gasteiger partial charge >= 0.3 is 0 Å². The maximum atomic E-state index is 13.4. The number of thiazole rings is 3. The Morgan fingerprint density at radius 3 is 1.90 bits per heavy atom. The van der Waals surface area contributed by atoms with Gasteiger partial charge in [0.1, 0.15) is 94.1 Å². The molecule has 532 valence electrons. The Labute approximate surface area is 611 Å². The molecule has 4 aliphatic heterocycles. The molecule has 9 aromatic heterocycles. The number of likely N-dealkylation sites (tertiary alicyclic amines) is 2. The average Bonchev–Trinajstić information content (AvgIpc) is 1.63. The van der Waals surface area contributed by atoms with Crippen LogP contribution in [0.4, 0.5) is 41.9 Å². The number of carbonyl (C=O) groups is 4. The van der Waals surface area contributed by atoms with Crippen LogP contribution in [0.2, 0.25) is 0 Å². The number of fused-ring (bicyclic) bond motifs is 3. The number of hydrogen-bond donors (Lipinski definition) is 12. The number of aliphatic imine (C=N–C) groups is 3. The summed E-state index contributed by atoms with van der Waals surface area (Å²) in [5.41, 5.74) is 21.7. The van der Waals surface area contributed by atoms with Crippen LogP contribution < -0.4 is 59.6 Å². The van der Waals surface area contributed by atoms with Crippen LogP contribution in [0, 0.1) is 13.8 Å². The fraction of sp³-hybridized carbons (Fsp3) is 0.323. The molecule has 2 fully saturated rings. The molecule has 0 spiro atoms. The zero-order valence-corrected chi connectivity index (χ0v) is 61.0. The van der Waals surface area contributed by atoms with E-state index in [0.717, 1.165) is 104 Å². The van der Waals surface area contributed by atoms with Gasteiger partial charge in [0.05, 0.1) is 49.0 Å². The highest BCUT2D eigenvalue weighted by Gasteiger charge is 2.38. The average molecular weight is 1570 g/mol. The van der Waals surface area contributed by atoms with Crippen LogP contribution in [0.5, 0.6) is 0 Å². The van der Waals surface area contributed by atoms with E-state index in [2.05, 4.69) is 94.8 Å². The second-order valence-corrected chi connectivity index (χ2v) is 29.8. The van der Waals surface area contributed by atoms with Gasteiger partial charge in [-0.3, -0.25) is 76.0 Å². The molecule has 0 aliphatic carbocycles. The van der Waals surface area contributed by atoms with Crippen molar-refractivity contribution in [1.82, 2.24) is 57.4 Å². The second kappa shape index (κ2) is 31.7. The number of nitrogens with one attached hydrogen (secondary N) is 6. The maximum Gasteiger partial charge on any atom is 0.275 e. The molecule has 2 saturated heterocycles. The number of amidine groups is 3. The third kappa shape index (κ3) is 15.9. The summed E-state index contributed by atoms with van der Waals surface area (Å²) >= 11 is 9.94. The predicted molar refractivity (Wildman–Crippen MR) is 399 cm³/mol. The summed E-state index contributed by atoms with van der Waals surface area (Å²) < 4.78 is 10.2. The molecule has 3 atom stereocenters. The number of nitrogens with two attached hydrogens (primary N) is 3. The molecule has 1 aromatic carbocycles. The molecular weight excluding hydrogens is 1500 g/mol. The van der Waals surface area contributed by atoms with E-state index in [-0.39, 0.29) is 71.5 Å². The molecule has 10 aromatic rings. The highest BCUT2D eigenvalue weighted by atomic mass is 79.9. The van der Waals surface area contributed by atoms with E-state index in [9.17, 15) is 43.8 Å². The third-order valence-electron chi connectivity index (χ3n) is 16.4. The van der Waals surface area contributed by atoms with Crippen LogP contribution in [-0.4, -0.2) is 185 Å². The lowest BCUT2D eigenvalue weighted by molar-refractivity contribution is -0.127. The van der Waals surface area contributed by atoms with E-state index in [4.69, 9.17) is 22.3 Å². The summed E-state index contributed by atoms with van der Waals surface area (Å²) in [5, 5.41) is 42.6. The molecule has 4 aliphatic rings. The highest BCUT2D eigenvalue weighted by molar-refractivity contribution is 9.10. The van der Waals surface area contributed by atoms with Gasteiger partial charge in [0, 0.05) is 72.9 Å². The number of aromatic nitrogens is 10. The fourth-order valence-corrected chi connectivity index (χ4v) is 16.8. The first-order valence-corrected chi connectivity index (χ1v) is 37.3. The first-order valence-electron chi connectivity index (χ1n) is 31.6. The summed E-state index contributed by atoms with van der Waals surface area (Å²) in [4.78, 5) is 135. The number of aromatic amines is 3. The van der Waals surface area contributed by atoms with Crippen LogP contribution in [0.25, 0.3) is 11.0 Å². The number of anilines is 8. The number of halogens is 1. The van der Waals surface area contributed by atoms with Crippen molar-refractivity contribution in [2.24, 2.45) is 32.2 Å². The molecule has 0 saturated carbocycles. The van der Waals surface area contributed by atoms with Gasteiger partial charge in [-0.05, 0) is 127 Å². The standard InChI is InChI=1S/C22H23BrN8O4S2.C21H23N9O2S2.C19H20N6O4S2/c1-10-16(21(35)31-14(33)8-11-7-12(23)9-26-18(11)31)36-22(27-10)28-20-15(19(34)29-37-20)17(24)25-4-6-30-5-2-3-13(30)32;1-12-15(20(32)30-8-4-13-10-23-11-25-17(13)30)33-21(26-12)27-19-14(18(31)28-34-19)16(22)24-5-9-29-6-2-3-7-29;1-9(8-26)22-15(20)14-16(28)24-31-17(14)23-19-21-7-12(30-19)18(29)25-11-5-3-2-4-10(11)6-13(25)27/h7,9,14,33H,2-6,8H2,1H3,(H2,24,25)(H,27,28)(H,29,34);4,8,10-11H,2-3,5-7,9H2,1H3,(H2,22,24)(H,26,27)(H,28,31);2-5,7,9,13,26-27H,6,8H2,1H3,(H2,20,22)(H,21,23)(H,24,28). The molecule has 15 N–H and O–H groups in total. The van der Waals surface area contributed by atoms with E-state index >= 15 is 0 Å². The van der Waals surface area contributed by atoms with Crippen LogP contribution in [0.15, 0.2) is 101 Å². The number of aliphatic hydroxyl groups is 3. The Morgan fingerprint density at radius 2 is 1.27 bits per heavy atom. The molecule has 3 unspecified atom stereocenters. The van der Waals surface area contributed by atoms with Gasteiger partial charge in [-0.15, -0.1) is 0 Å². The van der Waals surface area contributed by atoms with Crippen molar-refractivity contribution in [1.29, 1.82) is 0 Å². The number of para-hydroxylation sites is 1. The van der Waals surface area contributed by atoms with Crippen molar-refractivity contribution in [2.45, 2.75) is 77.8 Å². The molecule has 40 heteroatoms. The van der Waals surface area contributed by atoms with Crippen molar-refractivity contribution in [2.75, 3.05) is 78.2 Å². The molecule has 102 heavy (non-hydrogen) atoms. The van der Waals surface area contributed by atoms with E-state index < -0.39 is 35.5 Å². The van der Waals surface area contributed by atoms with Crippen LogP contribution >= 0.6 is 84.5 Å². The Morgan fingerprint density at radius 1 is 0.686 bits per heavy atom. The van der Waals surface area contributed by atoms with Crippen LogP contribution in [-0.2, 0) is 17.6 Å². The predicted octanol–water partition coefficient (Wildman–Crippen LogP) is 5.37. The van der Waals surface area contributed by atoms with Gasteiger partial charge in [0.25, 0.3) is 34.4 Å². The minimum absolute atomic E-state index is 0.00352. The smallest absolute Gasteiger partial charge is 0.275 e. The van der Waals surface area contributed by atoms with Crippen molar-refractivity contribution < 1.29 is 34.5 Å². The molecular formula is C62H66BrN23O10S6. The number of benzene rings is 1. The van der Waals surface area contributed by atoms with E-state index in [0.29, 0.717) is 112 Å². The highest BCUT2D eigenvalue weighted by Crippen LogP contribution is 2.38. The topological polar surface area (TPSA) is 474 Å². The number of aryl methyl sites for hydroxylation is 2. The fourth-order valence-electron chi connectivity index (χ4n) is 11.4. The Bertz CT molecular complexity index is 5070. The SMILES string of the molecule is CC(CO)N=C(N)c1c(Nc2ncc(C(=O)N3c4ccccc4CC3O)s2)s[nH]c1=O.Cc1nc(Nc2s[nH]c(=O)c2C(N)=NCCN2CCCC2)sc1C(=O)n1ccc2cncnc21.Cc1nc(Nc2s[nH]c(=O)c2C(N)=NCCN2CCCC2=O)sc1C(=O)N1c2ncc(Br)cc2CC1O. The van der Waals surface area contributed by atoms with Crippen LogP contribution in [0.1, 0.15) is 101 Å². The minimum atomic E-state index is -1.03. The van der Waals surface area contributed by atoms with Gasteiger partial charge in [-0.2, -0.15) is 0 Å². The number of hydrogen-bond acceptors (Lipinski definition) is 29. The van der Waals surface area contributed by atoms with Gasteiger partial charge in [0.15, 0.2) is 15.4 Å². The number of aliphatic hydroxyl groups excluding tert-OH is 3. The van der Waals surface area contributed by atoms with Crippen molar-refractivity contribution in [3.8, 4) is 0 Å². The molecule has 0 radical (unpaired) electrons. The zero-order chi connectivity index (χ0) is 72.0. The number of amides is 3. The Balaban J connectivity index is 0.000000145. The van der Waals surface area contributed by atoms with Crippen molar-refractivity contribution >= 4 is 179 Å². The second-order valence-electron chi connectivity index (χ2n) is 23.4. The largest absolute Gasteiger partial charge is 0.394 e. The lowest BCUT2D eigenvalue weighted by Gasteiger charge is -2.20. The number of pyridine rings is 1. The quantitative estimate of drug-likeness (QED) is 0.0337. The summed E-state index contributed by atoms with van der Waals surface area (Å²) in [7, 11) is 0. The monoisotopic (exact) mass is 1560 g/mol. The zero-order valence-electron chi connectivity index (χ0n) is 54.5. The normalized spacial score (nSPS) is 16.4. The maximum absolute atomic E-state index is 13.4.